The Labute approximate surface area is 139 Å². The summed E-state index contributed by atoms with van der Waals surface area (Å²) < 4.78 is 18.4. The van der Waals surface area contributed by atoms with Gasteiger partial charge in [-0.1, -0.05) is 12.1 Å². The Hall–Kier alpha value is -2.28. The standard InChI is InChI=1S/C17H20FN3O3/c1-11-14(8-9-24-11)19-17(23)15-6-7-16(22)21(20-15)10-12-2-4-13(18)5-3-12/h2-5,11,14H,6-10H2,1H3,(H,19,23)/t11-,14-/m0/s1. The van der Waals surface area contributed by atoms with Crippen molar-refractivity contribution in [2.45, 2.75) is 44.9 Å². The molecule has 2 aliphatic heterocycles. The fraction of sp³-hybridized carbons (Fsp3) is 0.471. The number of hydrogen-bond donors (Lipinski definition) is 1. The summed E-state index contributed by atoms with van der Waals surface area (Å²) in [6.07, 6.45) is 1.32. The molecule has 1 N–H and O–H groups in total. The first-order chi connectivity index (χ1) is 11.5. The molecule has 0 aliphatic carbocycles. The Kier molecular flexibility index (Phi) is 4.89. The number of hydrogen-bond acceptors (Lipinski definition) is 4. The van der Waals surface area contributed by atoms with Gasteiger partial charge in [0.05, 0.1) is 18.7 Å². The van der Waals surface area contributed by atoms with Gasteiger partial charge in [-0.3, -0.25) is 9.59 Å². The van der Waals surface area contributed by atoms with Crippen LogP contribution in [0.1, 0.15) is 31.7 Å². The van der Waals surface area contributed by atoms with Crippen molar-refractivity contribution in [3.8, 4) is 0 Å². The first kappa shape index (κ1) is 16.6. The highest BCUT2D eigenvalue weighted by Crippen LogP contribution is 2.16. The van der Waals surface area contributed by atoms with Crippen LogP contribution in [-0.4, -0.2) is 41.3 Å². The minimum absolute atomic E-state index is 0.0184. The van der Waals surface area contributed by atoms with Gasteiger partial charge in [0.15, 0.2) is 0 Å². The van der Waals surface area contributed by atoms with Gasteiger partial charge >= 0.3 is 0 Å². The Balaban J connectivity index is 1.68. The number of halogens is 1. The fourth-order valence-corrected chi connectivity index (χ4v) is 2.82. The molecule has 0 unspecified atom stereocenters. The molecular formula is C17H20FN3O3. The second-order valence-electron chi connectivity index (χ2n) is 6.07. The molecule has 128 valence electrons. The van der Waals surface area contributed by atoms with E-state index in [9.17, 15) is 14.0 Å². The summed E-state index contributed by atoms with van der Waals surface area (Å²) >= 11 is 0. The van der Waals surface area contributed by atoms with E-state index in [1.807, 2.05) is 6.92 Å². The number of rotatable bonds is 4. The van der Waals surface area contributed by atoms with E-state index in [4.69, 9.17) is 4.74 Å². The van der Waals surface area contributed by atoms with Crippen LogP contribution >= 0.6 is 0 Å². The summed E-state index contributed by atoms with van der Waals surface area (Å²) in [4.78, 5) is 24.4. The first-order valence-corrected chi connectivity index (χ1v) is 8.07. The maximum atomic E-state index is 13.0. The Bertz CT molecular complexity index is 660. The predicted molar refractivity (Wildman–Crippen MR) is 85.6 cm³/mol. The SMILES string of the molecule is C[C@@H]1OCC[C@@H]1NC(=O)C1=NN(Cc2ccc(F)cc2)C(=O)CC1. The maximum Gasteiger partial charge on any atom is 0.267 e. The number of carbonyl (C=O) groups excluding carboxylic acids is 2. The Morgan fingerprint density at radius 3 is 2.79 bits per heavy atom. The van der Waals surface area contributed by atoms with E-state index < -0.39 is 0 Å². The lowest BCUT2D eigenvalue weighted by Crippen LogP contribution is -2.45. The number of ether oxygens (including phenoxy) is 1. The molecule has 1 aromatic rings. The van der Waals surface area contributed by atoms with Gasteiger partial charge in [0.25, 0.3) is 5.91 Å². The highest BCUT2D eigenvalue weighted by Gasteiger charge is 2.29. The van der Waals surface area contributed by atoms with Crippen molar-refractivity contribution in [1.82, 2.24) is 10.3 Å². The van der Waals surface area contributed by atoms with Crippen LogP contribution in [0.25, 0.3) is 0 Å². The molecule has 2 atom stereocenters. The number of carbonyl (C=O) groups is 2. The summed E-state index contributed by atoms with van der Waals surface area (Å²) in [5.74, 6) is -0.734. The monoisotopic (exact) mass is 333 g/mol. The molecule has 2 heterocycles. The normalized spacial score (nSPS) is 24.0. The molecule has 7 heteroatoms. The molecule has 24 heavy (non-hydrogen) atoms. The molecule has 0 bridgehead atoms. The van der Waals surface area contributed by atoms with E-state index in [1.54, 1.807) is 12.1 Å². The lowest BCUT2D eigenvalue weighted by atomic mass is 10.1. The van der Waals surface area contributed by atoms with E-state index in [2.05, 4.69) is 10.4 Å². The zero-order valence-corrected chi connectivity index (χ0v) is 13.5. The van der Waals surface area contributed by atoms with E-state index in [-0.39, 0.29) is 42.7 Å². The van der Waals surface area contributed by atoms with Crippen molar-refractivity contribution in [2.24, 2.45) is 5.10 Å². The van der Waals surface area contributed by atoms with E-state index in [0.717, 1.165) is 12.0 Å². The molecule has 0 saturated carbocycles. The van der Waals surface area contributed by atoms with E-state index in [1.165, 1.54) is 17.1 Å². The molecule has 2 aliphatic rings. The first-order valence-electron chi connectivity index (χ1n) is 8.07. The smallest absolute Gasteiger partial charge is 0.267 e. The molecule has 0 aromatic heterocycles. The van der Waals surface area contributed by atoms with Crippen LogP contribution in [0.15, 0.2) is 29.4 Å². The van der Waals surface area contributed by atoms with Gasteiger partial charge in [0.2, 0.25) is 5.91 Å². The molecule has 3 rings (SSSR count). The number of hydrazone groups is 1. The van der Waals surface area contributed by atoms with Crippen molar-refractivity contribution >= 4 is 17.5 Å². The van der Waals surface area contributed by atoms with Gasteiger partial charge in [0.1, 0.15) is 11.5 Å². The number of benzene rings is 1. The van der Waals surface area contributed by atoms with Gasteiger partial charge < -0.3 is 10.1 Å². The second kappa shape index (κ2) is 7.09. The third kappa shape index (κ3) is 3.79. The van der Waals surface area contributed by atoms with E-state index in [0.29, 0.717) is 18.7 Å². The van der Waals surface area contributed by atoms with Gasteiger partial charge in [-0.2, -0.15) is 5.10 Å². The highest BCUT2D eigenvalue weighted by atomic mass is 19.1. The Morgan fingerprint density at radius 2 is 2.12 bits per heavy atom. The zero-order valence-electron chi connectivity index (χ0n) is 13.5. The second-order valence-corrected chi connectivity index (χ2v) is 6.07. The topological polar surface area (TPSA) is 71.0 Å². The Morgan fingerprint density at radius 1 is 1.38 bits per heavy atom. The molecule has 1 saturated heterocycles. The minimum Gasteiger partial charge on any atom is -0.376 e. The summed E-state index contributed by atoms with van der Waals surface area (Å²) in [6.45, 7) is 2.78. The largest absolute Gasteiger partial charge is 0.376 e. The maximum absolute atomic E-state index is 13.0. The van der Waals surface area contributed by atoms with Crippen LogP contribution < -0.4 is 5.32 Å². The zero-order chi connectivity index (χ0) is 17.1. The average Bonchev–Trinajstić information content (AvgIpc) is 2.96. The average molecular weight is 333 g/mol. The molecule has 1 fully saturated rings. The van der Waals surface area contributed by atoms with Gasteiger partial charge in [-0.05, 0) is 31.0 Å². The lowest BCUT2D eigenvalue weighted by Gasteiger charge is -2.24. The van der Waals surface area contributed by atoms with Crippen LogP contribution in [0.2, 0.25) is 0 Å². The fourth-order valence-electron chi connectivity index (χ4n) is 2.82. The molecule has 6 nitrogen and oxygen atoms in total. The van der Waals surface area contributed by atoms with Crippen LogP contribution in [0.3, 0.4) is 0 Å². The predicted octanol–water partition coefficient (Wildman–Crippen LogP) is 1.60. The number of nitrogens with zero attached hydrogens (tertiary/aromatic N) is 2. The van der Waals surface area contributed by atoms with Crippen molar-refractivity contribution in [3.63, 3.8) is 0 Å². The summed E-state index contributed by atoms with van der Waals surface area (Å²) in [5, 5.41) is 8.40. The van der Waals surface area contributed by atoms with E-state index >= 15 is 0 Å². The molecule has 1 aromatic carbocycles. The number of amides is 2. The number of nitrogens with one attached hydrogen (secondary N) is 1. The highest BCUT2D eigenvalue weighted by molar-refractivity contribution is 6.39. The molecule has 0 radical (unpaired) electrons. The third-order valence-corrected chi connectivity index (χ3v) is 4.31. The molecule has 2 amide bonds. The lowest BCUT2D eigenvalue weighted by molar-refractivity contribution is -0.132. The quantitative estimate of drug-likeness (QED) is 0.910. The van der Waals surface area contributed by atoms with Crippen molar-refractivity contribution in [2.75, 3.05) is 6.61 Å². The summed E-state index contributed by atoms with van der Waals surface area (Å²) in [5.41, 5.74) is 1.10. The van der Waals surface area contributed by atoms with Gasteiger partial charge in [-0.15, -0.1) is 0 Å². The van der Waals surface area contributed by atoms with Crippen LogP contribution in [0.4, 0.5) is 4.39 Å². The summed E-state index contributed by atoms with van der Waals surface area (Å²) in [7, 11) is 0. The van der Waals surface area contributed by atoms with Gasteiger partial charge in [-0.25, -0.2) is 9.40 Å². The van der Waals surface area contributed by atoms with Crippen molar-refractivity contribution < 1.29 is 18.7 Å². The van der Waals surface area contributed by atoms with Gasteiger partial charge in [0, 0.05) is 19.4 Å². The van der Waals surface area contributed by atoms with Crippen LogP contribution in [-0.2, 0) is 20.9 Å². The molecule has 0 spiro atoms. The van der Waals surface area contributed by atoms with Crippen LogP contribution in [0.5, 0.6) is 0 Å². The third-order valence-electron chi connectivity index (χ3n) is 4.31. The van der Waals surface area contributed by atoms with Crippen molar-refractivity contribution in [1.29, 1.82) is 0 Å². The summed E-state index contributed by atoms with van der Waals surface area (Å²) in [6, 6.07) is 5.85. The van der Waals surface area contributed by atoms with Crippen molar-refractivity contribution in [3.05, 3.63) is 35.6 Å². The molecular weight excluding hydrogens is 313 g/mol. The minimum atomic E-state index is -0.333. The van der Waals surface area contributed by atoms with Crippen LogP contribution in [0, 0.1) is 5.82 Å².